The van der Waals surface area contributed by atoms with Crippen LogP contribution in [0.3, 0.4) is 0 Å². The van der Waals surface area contributed by atoms with Gasteiger partial charge in [-0.1, -0.05) is 30.3 Å². The van der Waals surface area contributed by atoms with Crippen molar-refractivity contribution in [3.8, 4) is 0 Å². The van der Waals surface area contributed by atoms with Crippen LogP contribution >= 0.6 is 23.1 Å². The summed E-state index contributed by atoms with van der Waals surface area (Å²) >= 11 is 3.01. The van der Waals surface area contributed by atoms with E-state index < -0.39 is 11.9 Å². The average Bonchev–Trinajstić information content (AvgIpc) is 3.03. The molecule has 0 fully saturated rings. The fourth-order valence-electron chi connectivity index (χ4n) is 3.61. The number of carbonyl (C=O) groups excluding carboxylic acids is 1. The molecule has 6 nitrogen and oxygen atoms in total. The lowest BCUT2D eigenvalue weighted by Gasteiger charge is -2.26. The molecule has 0 spiro atoms. The molecule has 2 aromatic rings. The Morgan fingerprint density at radius 2 is 2.10 bits per heavy atom. The molecule has 8 heteroatoms. The van der Waals surface area contributed by atoms with Crippen LogP contribution in [0.25, 0.3) is 0 Å². The van der Waals surface area contributed by atoms with Crippen LogP contribution in [0.5, 0.6) is 0 Å². The van der Waals surface area contributed by atoms with Crippen LogP contribution < -0.4 is 5.32 Å². The minimum Gasteiger partial charge on any atom is -0.477 e. The molecular formula is C22H22N2O4S2. The Labute approximate surface area is 183 Å². The third-order valence-electron chi connectivity index (χ3n) is 5.11. The molecule has 0 bridgehead atoms. The third-order valence-corrected chi connectivity index (χ3v) is 7.71. The summed E-state index contributed by atoms with van der Waals surface area (Å²) in [5.41, 5.74) is 3.03. The van der Waals surface area contributed by atoms with Gasteiger partial charge in [-0.15, -0.1) is 23.1 Å². The second-order valence-electron chi connectivity index (χ2n) is 7.13. The maximum Gasteiger partial charge on any atom is 0.352 e. The van der Waals surface area contributed by atoms with Crippen molar-refractivity contribution in [3.63, 3.8) is 0 Å². The van der Waals surface area contributed by atoms with Gasteiger partial charge in [0, 0.05) is 41.0 Å². The predicted octanol–water partition coefficient (Wildman–Crippen LogP) is 3.67. The summed E-state index contributed by atoms with van der Waals surface area (Å²) in [4.78, 5) is 28.5. The van der Waals surface area contributed by atoms with E-state index in [4.69, 9.17) is 4.74 Å². The molecule has 156 valence electrons. The Morgan fingerprint density at radius 3 is 2.83 bits per heavy atom. The predicted molar refractivity (Wildman–Crippen MR) is 118 cm³/mol. The lowest BCUT2D eigenvalue weighted by atomic mass is 10.1. The lowest BCUT2D eigenvalue weighted by molar-refractivity contribution is -0.136. The van der Waals surface area contributed by atoms with Crippen molar-refractivity contribution in [1.29, 1.82) is 0 Å². The maximum atomic E-state index is 12.4. The average molecular weight is 443 g/mol. The normalized spacial score (nSPS) is 19.0. The number of methoxy groups -OCH3 is 1. The Hall–Kier alpha value is -2.55. The molecule has 4 rings (SSSR count). The van der Waals surface area contributed by atoms with Crippen LogP contribution in [-0.4, -0.2) is 35.6 Å². The third kappa shape index (κ3) is 4.45. The summed E-state index contributed by atoms with van der Waals surface area (Å²) in [6.07, 6.45) is 2.42. The zero-order valence-corrected chi connectivity index (χ0v) is 18.1. The van der Waals surface area contributed by atoms with Crippen molar-refractivity contribution in [2.24, 2.45) is 0 Å². The number of thioether (sulfide) groups is 1. The number of nitrogens with one attached hydrogen (secondary N) is 1. The van der Waals surface area contributed by atoms with Gasteiger partial charge in [0.1, 0.15) is 5.70 Å². The zero-order valence-electron chi connectivity index (χ0n) is 16.5. The molecule has 0 saturated carbocycles. The summed E-state index contributed by atoms with van der Waals surface area (Å²) < 4.78 is 4.94. The highest BCUT2D eigenvalue weighted by molar-refractivity contribution is 8.02. The van der Waals surface area contributed by atoms with Gasteiger partial charge in [0.25, 0.3) is 0 Å². The van der Waals surface area contributed by atoms with Crippen molar-refractivity contribution < 1.29 is 19.4 Å². The van der Waals surface area contributed by atoms with E-state index in [0.717, 1.165) is 30.9 Å². The van der Waals surface area contributed by atoms with Gasteiger partial charge >= 0.3 is 11.9 Å². The number of thiophene rings is 1. The minimum atomic E-state index is -1.06. The number of rotatable bonds is 5. The Kier molecular flexibility index (Phi) is 6.26. The first-order valence-electron chi connectivity index (χ1n) is 9.56. The molecule has 2 N–H and O–H groups in total. The van der Waals surface area contributed by atoms with Crippen LogP contribution in [0.1, 0.15) is 26.1 Å². The second-order valence-corrected chi connectivity index (χ2v) is 9.28. The highest BCUT2D eigenvalue weighted by Crippen LogP contribution is 2.44. The number of ether oxygens (including phenoxy) is 1. The van der Waals surface area contributed by atoms with E-state index in [1.807, 2.05) is 6.07 Å². The number of aliphatic carboxylic acids is 1. The molecule has 0 saturated heterocycles. The number of hydrogen-bond donors (Lipinski definition) is 2. The second kappa shape index (κ2) is 9.07. The summed E-state index contributed by atoms with van der Waals surface area (Å²) in [5.74, 6) is -1.53. The fourth-order valence-corrected chi connectivity index (χ4v) is 6.04. The van der Waals surface area contributed by atoms with Crippen molar-refractivity contribution in [3.05, 3.63) is 80.2 Å². The van der Waals surface area contributed by atoms with Crippen molar-refractivity contribution in [1.82, 2.24) is 10.2 Å². The van der Waals surface area contributed by atoms with Crippen LogP contribution in [0.4, 0.5) is 0 Å². The van der Waals surface area contributed by atoms with Crippen molar-refractivity contribution in [2.45, 2.75) is 24.8 Å². The maximum absolute atomic E-state index is 12.4. The highest BCUT2D eigenvalue weighted by atomic mass is 32.2. The van der Waals surface area contributed by atoms with E-state index in [0.29, 0.717) is 5.57 Å². The number of hydrogen-bond acceptors (Lipinski definition) is 7. The molecule has 1 atom stereocenters. The van der Waals surface area contributed by atoms with Gasteiger partial charge in [-0.2, -0.15) is 0 Å². The van der Waals surface area contributed by atoms with Gasteiger partial charge in [-0.05, 0) is 23.6 Å². The number of fused-ring (bicyclic) bond motifs is 1. The van der Waals surface area contributed by atoms with Crippen molar-refractivity contribution >= 4 is 35.0 Å². The first kappa shape index (κ1) is 20.7. The fraction of sp³-hybridized carbons (Fsp3) is 0.273. The molecule has 0 radical (unpaired) electrons. The minimum absolute atomic E-state index is 0.0410. The summed E-state index contributed by atoms with van der Waals surface area (Å²) in [6, 6.07) is 12.6. The number of benzene rings is 1. The number of carbonyl (C=O) groups is 2. The van der Waals surface area contributed by atoms with Gasteiger partial charge in [0.05, 0.1) is 17.9 Å². The molecule has 1 aromatic carbocycles. The van der Waals surface area contributed by atoms with E-state index in [9.17, 15) is 14.7 Å². The summed E-state index contributed by atoms with van der Waals surface area (Å²) in [5, 5.41) is 13.3. The molecule has 1 unspecified atom stereocenters. The van der Waals surface area contributed by atoms with Crippen molar-refractivity contribution in [2.75, 3.05) is 13.7 Å². The number of esters is 1. The zero-order chi connectivity index (χ0) is 21.1. The van der Waals surface area contributed by atoms with Gasteiger partial charge in [0.2, 0.25) is 0 Å². The Bertz CT molecular complexity index is 1010. The topological polar surface area (TPSA) is 78.9 Å². The van der Waals surface area contributed by atoms with E-state index in [2.05, 4.69) is 40.5 Å². The molecular weight excluding hydrogens is 420 g/mol. The number of carboxylic acid groups (broad SMARTS) is 1. The molecule has 1 aromatic heterocycles. The quantitative estimate of drug-likeness (QED) is 0.684. The van der Waals surface area contributed by atoms with E-state index in [1.165, 1.54) is 41.1 Å². The van der Waals surface area contributed by atoms with Gasteiger partial charge < -0.3 is 15.2 Å². The van der Waals surface area contributed by atoms with Gasteiger partial charge in [-0.3, -0.25) is 4.90 Å². The number of carboxylic acids is 1. The SMILES string of the molecule is COC(=O)C1=CNC(C(=O)O)=CSC1c1cc2c(s1)CCN(Cc1ccccc1)C2. The Morgan fingerprint density at radius 1 is 1.30 bits per heavy atom. The summed E-state index contributed by atoms with van der Waals surface area (Å²) in [7, 11) is 1.34. The van der Waals surface area contributed by atoms with Crippen LogP contribution in [-0.2, 0) is 33.8 Å². The van der Waals surface area contributed by atoms with E-state index >= 15 is 0 Å². The van der Waals surface area contributed by atoms with Gasteiger partial charge in [-0.25, -0.2) is 9.59 Å². The monoisotopic (exact) mass is 442 g/mol. The first-order chi connectivity index (χ1) is 14.5. The summed E-state index contributed by atoms with van der Waals surface area (Å²) in [6.45, 7) is 2.76. The van der Waals surface area contributed by atoms with Gasteiger partial charge in [0.15, 0.2) is 0 Å². The smallest absolute Gasteiger partial charge is 0.352 e. The molecule has 2 aliphatic rings. The number of nitrogens with zero attached hydrogens (tertiary/aromatic N) is 1. The molecule has 3 heterocycles. The standard InChI is InChI=1S/C22H22N2O4S2/c1-28-22(27)16-10-23-17(21(25)26)13-29-20(16)19-9-15-12-24(8-7-18(15)30-19)11-14-5-3-2-4-6-14/h2-6,9-10,13,20,23H,7-8,11-12H2,1H3,(H,25,26). The van der Waals surface area contributed by atoms with Crippen LogP contribution in [0.15, 0.2) is 59.3 Å². The molecule has 2 aliphatic heterocycles. The van der Waals surface area contributed by atoms with Crippen LogP contribution in [0, 0.1) is 0 Å². The largest absolute Gasteiger partial charge is 0.477 e. The first-order valence-corrected chi connectivity index (χ1v) is 11.3. The highest BCUT2D eigenvalue weighted by Gasteiger charge is 2.30. The molecule has 0 aliphatic carbocycles. The lowest BCUT2D eigenvalue weighted by Crippen LogP contribution is -2.29. The van der Waals surface area contributed by atoms with Crippen LogP contribution in [0.2, 0.25) is 0 Å². The molecule has 30 heavy (non-hydrogen) atoms. The Balaban J connectivity index is 1.57. The van der Waals surface area contributed by atoms with E-state index in [-0.39, 0.29) is 10.9 Å². The molecule has 0 amide bonds. The van der Waals surface area contributed by atoms with E-state index in [1.54, 1.807) is 16.7 Å².